The summed E-state index contributed by atoms with van der Waals surface area (Å²) in [5, 5.41) is 9.63. The molecule has 0 amide bonds. The number of H-pyrrole nitrogens is 1. The maximum Gasteiger partial charge on any atom is 0.151 e. The number of aromatic nitrogens is 2. The molecule has 0 atom stereocenters. The van der Waals surface area contributed by atoms with Crippen LogP contribution in [0.1, 0.15) is 0 Å². The van der Waals surface area contributed by atoms with E-state index in [-0.39, 0.29) is 11.6 Å². The van der Waals surface area contributed by atoms with Crippen molar-refractivity contribution in [1.82, 2.24) is 9.97 Å². The second-order valence-electron chi connectivity index (χ2n) is 3.89. The van der Waals surface area contributed by atoms with E-state index in [2.05, 4.69) is 25.9 Å². The highest BCUT2D eigenvalue weighted by Crippen LogP contribution is 2.29. The van der Waals surface area contributed by atoms with Crippen molar-refractivity contribution in [2.45, 2.75) is 0 Å². The lowest BCUT2D eigenvalue weighted by molar-refractivity contribution is 0.472. The van der Waals surface area contributed by atoms with Crippen LogP contribution in [0.15, 0.2) is 40.9 Å². The number of hydrogen-bond donors (Lipinski definition) is 2. The van der Waals surface area contributed by atoms with Crippen molar-refractivity contribution >= 4 is 27.0 Å². The molecule has 0 aliphatic rings. The molecule has 0 radical (unpaired) electrons. The van der Waals surface area contributed by atoms with Crippen LogP contribution in [0.4, 0.5) is 4.39 Å². The Hall–Kier alpha value is -1.88. The van der Waals surface area contributed by atoms with E-state index >= 15 is 0 Å². The minimum absolute atomic E-state index is 0.119. The first-order valence-corrected chi connectivity index (χ1v) is 6.07. The molecular weight excluding hydrogens is 299 g/mol. The van der Waals surface area contributed by atoms with Crippen molar-refractivity contribution in [3.8, 4) is 17.1 Å². The van der Waals surface area contributed by atoms with Crippen LogP contribution in [-0.4, -0.2) is 15.1 Å². The number of aromatic hydroxyl groups is 1. The topological polar surface area (TPSA) is 48.9 Å². The molecule has 0 spiro atoms. The maximum atomic E-state index is 13.5. The Bertz CT molecular complexity index is 739. The van der Waals surface area contributed by atoms with E-state index in [1.165, 1.54) is 6.07 Å². The fraction of sp³-hybridized carbons (Fsp3) is 0. The molecule has 18 heavy (non-hydrogen) atoms. The average Bonchev–Trinajstić information content (AvgIpc) is 2.78. The highest BCUT2D eigenvalue weighted by Gasteiger charge is 2.09. The number of aromatic amines is 1. The summed E-state index contributed by atoms with van der Waals surface area (Å²) in [5.41, 5.74) is 1.63. The number of phenolic OH excluding ortho intramolecular Hbond substituents is 1. The van der Waals surface area contributed by atoms with Gasteiger partial charge < -0.3 is 10.1 Å². The van der Waals surface area contributed by atoms with Gasteiger partial charge in [-0.3, -0.25) is 0 Å². The first kappa shape index (κ1) is 11.2. The summed E-state index contributed by atoms with van der Waals surface area (Å²) in [6.07, 6.45) is 0. The van der Waals surface area contributed by atoms with Crippen molar-refractivity contribution < 1.29 is 9.50 Å². The van der Waals surface area contributed by atoms with Gasteiger partial charge in [0.2, 0.25) is 0 Å². The van der Waals surface area contributed by atoms with Gasteiger partial charge in [0.15, 0.2) is 5.82 Å². The molecule has 1 heterocycles. The fourth-order valence-electron chi connectivity index (χ4n) is 1.79. The molecule has 3 aromatic rings. The number of hydrogen-bond acceptors (Lipinski definition) is 2. The van der Waals surface area contributed by atoms with Crippen LogP contribution in [0.25, 0.3) is 22.4 Å². The van der Waals surface area contributed by atoms with Gasteiger partial charge in [-0.15, -0.1) is 0 Å². The van der Waals surface area contributed by atoms with Gasteiger partial charge in [-0.1, -0.05) is 6.07 Å². The molecule has 0 aliphatic carbocycles. The molecule has 0 aliphatic heterocycles. The fourth-order valence-corrected chi connectivity index (χ4v) is 2.04. The SMILES string of the molecule is Oc1cc(-c2nc3c(F)cccc3[nH]2)ccc1Br. The number of rotatable bonds is 1. The summed E-state index contributed by atoms with van der Waals surface area (Å²) in [6, 6.07) is 9.83. The molecule has 3 rings (SSSR count). The average molecular weight is 307 g/mol. The minimum Gasteiger partial charge on any atom is -0.507 e. The lowest BCUT2D eigenvalue weighted by Crippen LogP contribution is -1.80. The molecule has 1 aromatic heterocycles. The molecule has 5 heteroatoms. The summed E-state index contributed by atoms with van der Waals surface area (Å²) in [7, 11) is 0. The molecule has 0 bridgehead atoms. The summed E-state index contributed by atoms with van der Waals surface area (Å²) in [4.78, 5) is 7.22. The lowest BCUT2D eigenvalue weighted by Gasteiger charge is -1.99. The summed E-state index contributed by atoms with van der Waals surface area (Å²) in [5.74, 6) is 0.280. The second kappa shape index (κ2) is 4.10. The summed E-state index contributed by atoms with van der Waals surface area (Å²) < 4.78 is 14.1. The number of para-hydroxylation sites is 1. The molecule has 3 nitrogen and oxygen atoms in total. The number of phenols is 1. The minimum atomic E-state index is -0.365. The molecule has 90 valence electrons. The zero-order valence-corrected chi connectivity index (χ0v) is 10.7. The summed E-state index contributed by atoms with van der Waals surface area (Å²) in [6.45, 7) is 0. The molecule has 0 unspecified atom stereocenters. The quantitative estimate of drug-likeness (QED) is 0.717. The first-order valence-electron chi connectivity index (χ1n) is 5.28. The van der Waals surface area contributed by atoms with Gasteiger partial charge in [-0.25, -0.2) is 9.37 Å². The number of imidazole rings is 1. The Kier molecular flexibility index (Phi) is 2.56. The van der Waals surface area contributed by atoms with Crippen LogP contribution < -0.4 is 0 Å². The van der Waals surface area contributed by atoms with Crippen LogP contribution in [0.5, 0.6) is 5.75 Å². The van der Waals surface area contributed by atoms with Gasteiger partial charge in [-0.2, -0.15) is 0 Å². The molecule has 0 fully saturated rings. The molecule has 2 N–H and O–H groups in total. The zero-order chi connectivity index (χ0) is 12.7. The van der Waals surface area contributed by atoms with Crippen molar-refractivity contribution in [1.29, 1.82) is 0 Å². The van der Waals surface area contributed by atoms with Crippen molar-refractivity contribution in [3.63, 3.8) is 0 Å². The van der Waals surface area contributed by atoms with E-state index in [4.69, 9.17) is 0 Å². The van der Waals surface area contributed by atoms with E-state index in [0.717, 1.165) is 0 Å². The largest absolute Gasteiger partial charge is 0.507 e. The van der Waals surface area contributed by atoms with Gasteiger partial charge in [0.05, 0.1) is 9.99 Å². The second-order valence-corrected chi connectivity index (χ2v) is 4.74. The first-order chi connectivity index (χ1) is 8.65. The number of halogens is 2. The number of fused-ring (bicyclic) bond motifs is 1. The Labute approximate surface area is 110 Å². The van der Waals surface area contributed by atoms with Crippen LogP contribution in [0.3, 0.4) is 0 Å². The van der Waals surface area contributed by atoms with Gasteiger partial charge in [-0.05, 0) is 46.3 Å². The van der Waals surface area contributed by atoms with Crippen LogP contribution in [0, 0.1) is 5.82 Å². The van der Waals surface area contributed by atoms with Gasteiger partial charge in [0, 0.05) is 5.56 Å². The predicted molar refractivity (Wildman–Crippen MR) is 70.9 cm³/mol. The van der Waals surface area contributed by atoms with Crippen molar-refractivity contribution in [2.24, 2.45) is 0 Å². The standard InChI is InChI=1S/C13H8BrFN2O/c14-8-5-4-7(6-11(8)18)13-16-10-3-1-2-9(15)12(10)17-13/h1-6,18H,(H,16,17). The highest BCUT2D eigenvalue weighted by molar-refractivity contribution is 9.10. The Balaban J connectivity index is 2.19. The van der Waals surface area contributed by atoms with E-state index < -0.39 is 0 Å². The van der Waals surface area contributed by atoms with Crippen LogP contribution >= 0.6 is 15.9 Å². The van der Waals surface area contributed by atoms with Crippen LogP contribution in [-0.2, 0) is 0 Å². The van der Waals surface area contributed by atoms with Gasteiger partial charge in [0.25, 0.3) is 0 Å². The number of nitrogens with zero attached hydrogens (tertiary/aromatic N) is 1. The molecular formula is C13H8BrFN2O. The molecule has 0 saturated heterocycles. The maximum absolute atomic E-state index is 13.5. The zero-order valence-electron chi connectivity index (χ0n) is 9.11. The van der Waals surface area contributed by atoms with E-state index in [1.807, 2.05) is 0 Å². The van der Waals surface area contributed by atoms with Gasteiger partial charge in [0.1, 0.15) is 17.1 Å². The third-order valence-electron chi connectivity index (χ3n) is 2.68. The Morgan fingerprint density at radius 2 is 2.06 bits per heavy atom. The van der Waals surface area contributed by atoms with Crippen molar-refractivity contribution in [3.05, 3.63) is 46.7 Å². The third-order valence-corrected chi connectivity index (χ3v) is 3.35. The normalized spacial score (nSPS) is 11.0. The smallest absolute Gasteiger partial charge is 0.151 e. The number of benzene rings is 2. The van der Waals surface area contributed by atoms with Crippen LogP contribution in [0.2, 0.25) is 0 Å². The van der Waals surface area contributed by atoms with E-state index in [0.29, 0.717) is 26.9 Å². The monoisotopic (exact) mass is 306 g/mol. The molecule has 2 aromatic carbocycles. The van der Waals surface area contributed by atoms with Crippen molar-refractivity contribution in [2.75, 3.05) is 0 Å². The van der Waals surface area contributed by atoms with E-state index in [1.54, 1.807) is 30.3 Å². The lowest BCUT2D eigenvalue weighted by atomic mass is 10.2. The predicted octanol–water partition coefficient (Wildman–Crippen LogP) is 3.84. The number of nitrogens with one attached hydrogen (secondary N) is 1. The van der Waals surface area contributed by atoms with E-state index in [9.17, 15) is 9.50 Å². The third kappa shape index (κ3) is 1.76. The van der Waals surface area contributed by atoms with Gasteiger partial charge >= 0.3 is 0 Å². The summed E-state index contributed by atoms with van der Waals surface area (Å²) >= 11 is 3.21. The Morgan fingerprint density at radius 3 is 2.78 bits per heavy atom. The molecule has 0 saturated carbocycles. The highest BCUT2D eigenvalue weighted by atomic mass is 79.9. The Morgan fingerprint density at radius 1 is 1.22 bits per heavy atom.